The molecule has 2 fully saturated rings. The number of hydrogen-bond acceptors (Lipinski definition) is 4. The Balaban J connectivity index is 1.72. The molecule has 2 saturated heterocycles. The Bertz CT molecular complexity index is 321. The minimum absolute atomic E-state index is 0.220. The van der Waals surface area contributed by atoms with Crippen molar-refractivity contribution in [2.75, 3.05) is 45.9 Å². The van der Waals surface area contributed by atoms with Crippen molar-refractivity contribution in [3.8, 4) is 0 Å². The molecule has 0 aromatic heterocycles. The molecule has 19 heavy (non-hydrogen) atoms. The van der Waals surface area contributed by atoms with Crippen molar-refractivity contribution in [3.63, 3.8) is 0 Å². The Morgan fingerprint density at radius 2 is 1.89 bits per heavy atom. The van der Waals surface area contributed by atoms with E-state index in [0.29, 0.717) is 45.1 Å². The fourth-order valence-electron chi connectivity index (χ4n) is 2.62. The molecule has 2 heterocycles. The van der Waals surface area contributed by atoms with E-state index in [1.54, 1.807) is 11.8 Å². The van der Waals surface area contributed by atoms with Gasteiger partial charge < -0.3 is 19.9 Å². The predicted octanol–water partition coefficient (Wildman–Crippen LogP) is 0.287. The zero-order valence-corrected chi connectivity index (χ0v) is 11.6. The van der Waals surface area contributed by atoms with Crippen molar-refractivity contribution in [3.05, 3.63) is 0 Å². The number of amides is 2. The molecule has 1 atom stereocenters. The second-order valence-electron chi connectivity index (χ2n) is 5.13. The topological polar surface area (TPSA) is 61.9 Å². The van der Waals surface area contributed by atoms with Crippen LogP contribution in [0.15, 0.2) is 0 Å². The fourth-order valence-corrected chi connectivity index (χ4v) is 2.62. The van der Waals surface area contributed by atoms with E-state index >= 15 is 0 Å². The second-order valence-corrected chi connectivity index (χ2v) is 5.13. The largest absolute Gasteiger partial charge is 0.450 e. The van der Waals surface area contributed by atoms with Crippen LogP contribution in [0.1, 0.15) is 19.8 Å². The third-order valence-electron chi connectivity index (χ3n) is 3.78. The van der Waals surface area contributed by atoms with Gasteiger partial charge in [-0.2, -0.15) is 0 Å². The maximum absolute atomic E-state index is 12.1. The fraction of sp³-hybridized carbons (Fsp3) is 0.846. The molecule has 0 bridgehead atoms. The van der Waals surface area contributed by atoms with Gasteiger partial charge in [-0.15, -0.1) is 0 Å². The van der Waals surface area contributed by atoms with Crippen molar-refractivity contribution >= 4 is 12.0 Å². The van der Waals surface area contributed by atoms with Gasteiger partial charge in [-0.05, 0) is 32.4 Å². The highest BCUT2D eigenvalue weighted by atomic mass is 16.6. The highest BCUT2D eigenvalue weighted by molar-refractivity contribution is 5.77. The molecule has 0 radical (unpaired) electrons. The van der Waals surface area contributed by atoms with E-state index in [1.807, 2.05) is 4.90 Å². The number of piperazine rings is 1. The number of carbonyl (C=O) groups is 2. The summed E-state index contributed by atoms with van der Waals surface area (Å²) in [6, 6.07) is 0. The van der Waals surface area contributed by atoms with Gasteiger partial charge in [-0.1, -0.05) is 0 Å². The van der Waals surface area contributed by atoms with Crippen LogP contribution in [0.4, 0.5) is 4.79 Å². The van der Waals surface area contributed by atoms with Gasteiger partial charge in [0.15, 0.2) is 0 Å². The average Bonchev–Trinajstić information content (AvgIpc) is 2.92. The van der Waals surface area contributed by atoms with Crippen LogP contribution in [0.2, 0.25) is 0 Å². The van der Waals surface area contributed by atoms with E-state index in [1.165, 1.54) is 0 Å². The van der Waals surface area contributed by atoms with Gasteiger partial charge in [0.05, 0.1) is 6.61 Å². The van der Waals surface area contributed by atoms with E-state index in [-0.39, 0.29) is 12.0 Å². The van der Waals surface area contributed by atoms with Gasteiger partial charge in [0.1, 0.15) is 0 Å². The molecule has 2 amide bonds. The number of carbonyl (C=O) groups excluding carboxylic acids is 2. The number of nitrogens with one attached hydrogen (secondary N) is 1. The molecule has 2 aliphatic rings. The van der Waals surface area contributed by atoms with E-state index in [0.717, 1.165) is 19.5 Å². The first-order valence-corrected chi connectivity index (χ1v) is 7.11. The number of nitrogens with zero attached hydrogens (tertiary/aromatic N) is 2. The molecule has 0 aromatic rings. The molecule has 108 valence electrons. The summed E-state index contributed by atoms with van der Waals surface area (Å²) < 4.78 is 4.96. The van der Waals surface area contributed by atoms with Gasteiger partial charge in [0.25, 0.3) is 0 Å². The molecule has 1 N–H and O–H groups in total. The minimum Gasteiger partial charge on any atom is -0.450 e. The molecule has 0 aliphatic carbocycles. The first-order valence-electron chi connectivity index (χ1n) is 7.11. The molecule has 0 aromatic carbocycles. The smallest absolute Gasteiger partial charge is 0.409 e. The first-order chi connectivity index (χ1) is 9.20. The zero-order chi connectivity index (χ0) is 13.7. The van der Waals surface area contributed by atoms with Crippen LogP contribution in [0, 0.1) is 5.92 Å². The number of ether oxygens (including phenoxy) is 1. The van der Waals surface area contributed by atoms with Crippen LogP contribution in [0.25, 0.3) is 0 Å². The van der Waals surface area contributed by atoms with Crippen molar-refractivity contribution in [2.45, 2.75) is 19.8 Å². The van der Waals surface area contributed by atoms with Gasteiger partial charge >= 0.3 is 6.09 Å². The molecule has 0 saturated carbocycles. The lowest BCUT2D eigenvalue weighted by Crippen LogP contribution is -2.51. The Kier molecular flexibility index (Phi) is 5.01. The SMILES string of the molecule is CCOC(=O)N1CCN(C(=O)CC2CCNC2)CC1. The molecule has 2 aliphatic heterocycles. The Morgan fingerprint density at radius 3 is 2.47 bits per heavy atom. The van der Waals surface area contributed by atoms with Gasteiger partial charge in [0, 0.05) is 32.6 Å². The summed E-state index contributed by atoms with van der Waals surface area (Å²) >= 11 is 0. The molecule has 6 nitrogen and oxygen atoms in total. The van der Waals surface area contributed by atoms with E-state index in [2.05, 4.69) is 5.32 Å². The zero-order valence-electron chi connectivity index (χ0n) is 11.6. The van der Waals surface area contributed by atoms with Gasteiger partial charge in [0.2, 0.25) is 5.91 Å². The highest BCUT2D eigenvalue weighted by Crippen LogP contribution is 2.15. The van der Waals surface area contributed by atoms with Crippen LogP contribution < -0.4 is 5.32 Å². The summed E-state index contributed by atoms with van der Waals surface area (Å²) in [6.45, 7) is 6.57. The van der Waals surface area contributed by atoms with E-state index in [9.17, 15) is 9.59 Å². The molecule has 1 unspecified atom stereocenters. The highest BCUT2D eigenvalue weighted by Gasteiger charge is 2.27. The van der Waals surface area contributed by atoms with E-state index in [4.69, 9.17) is 4.74 Å². The lowest BCUT2D eigenvalue weighted by atomic mass is 10.0. The molecule has 0 spiro atoms. The third kappa shape index (κ3) is 3.83. The van der Waals surface area contributed by atoms with Gasteiger partial charge in [-0.3, -0.25) is 4.79 Å². The molecular weight excluding hydrogens is 246 g/mol. The average molecular weight is 269 g/mol. The van der Waals surface area contributed by atoms with Crippen molar-refractivity contribution in [1.82, 2.24) is 15.1 Å². The lowest BCUT2D eigenvalue weighted by molar-refractivity contribution is -0.133. The van der Waals surface area contributed by atoms with Crippen LogP contribution >= 0.6 is 0 Å². The summed E-state index contributed by atoms with van der Waals surface area (Å²) in [5.74, 6) is 0.702. The standard InChI is InChI=1S/C13H23N3O3/c1-2-19-13(18)16-7-5-15(6-8-16)12(17)9-11-3-4-14-10-11/h11,14H,2-10H2,1H3. The van der Waals surface area contributed by atoms with Crippen molar-refractivity contribution in [2.24, 2.45) is 5.92 Å². The normalized spacial score (nSPS) is 23.5. The predicted molar refractivity (Wildman–Crippen MR) is 70.8 cm³/mol. The quantitative estimate of drug-likeness (QED) is 0.800. The van der Waals surface area contributed by atoms with Crippen LogP contribution in [-0.4, -0.2) is 67.7 Å². The summed E-state index contributed by atoms with van der Waals surface area (Å²) in [7, 11) is 0. The number of hydrogen-bond donors (Lipinski definition) is 1. The van der Waals surface area contributed by atoms with Crippen molar-refractivity contribution in [1.29, 1.82) is 0 Å². The molecular formula is C13H23N3O3. The lowest BCUT2D eigenvalue weighted by Gasteiger charge is -2.34. The Labute approximate surface area is 114 Å². The summed E-state index contributed by atoms with van der Waals surface area (Å²) in [5.41, 5.74) is 0. The third-order valence-corrected chi connectivity index (χ3v) is 3.78. The monoisotopic (exact) mass is 269 g/mol. The second kappa shape index (κ2) is 6.75. The molecule has 6 heteroatoms. The maximum atomic E-state index is 12.1. The maximum Gasteiger partial charge on any atom is 0.409 e. The van der Waals surface area contributed by atoms with Crippen LogP contribution in [0.3, 0.4) is 0 Å². The Morgan fingerprint density at radius 1 is 1.21 bits per heavy atom. The first kappa shape index (κ1) is 14.1. The minimum atomic E-state index is -0.269. The number of rotatable bonds is 3. The van der Waals surface area contributed by atoms with Crippen LogP contribution in [0.5, 0.6) is 0 Å². The van der Waals surface area contributed by atoms with Crippen LogP contribution in [-0.2, 0) is 9.53 Å². The summed E-state index contributed by atoms with van der Waals surface area (Å²) in [6.07, 6.45) is 1.45. The summed E-state index contributed by atoms with van der Waals surface area (Å²) in [4.78, 5) is 27.2. The Hall–Kier alpha value is -1.30. The van der Waals surface area contributed by atoms with E-state index < -0.39 is 0 Å². The van der Waals surface area contributed by atoms with Crippen molar-refractivity contribution < 1.29 is 14.3 Å². The summed E-state index contributed by atoms with van der Waals surface area (Å²) in [5, 5.41) is 3.28. The van der Waals surface area contributed by atoms with Gasteiger partial charge in [-0.25, -0.2) is 4.79 Å². The molecule has 2 rings (SSSR count).